The Morgan fingerprint density at radius 1 is 0.423 bits per heavy atom. The fraction of sp³-hybridized carbons (Fsp3) is 0.957. The molecule has 0 aromatic carbocycles. The highest BCUT2D eigenvalue weighted by atomic mass is 31.2. The number of rotatable bonds is 66. The van der Waals surface area contributed by atoms with Crippen LogP contribution in [0.5, 0.6) is 0 Å². The monoisotopic (exact) mass is 1120 g/mol. The Hall–Kier alpha value is -0.760. The molecule has 3 N–H and O–H groups in total. The minimum atomic E-state index is -4.35. The number of amides is 1. The lowest BCUT2D eigenvalue weighted by molar-refractivity contribution is -0.870. The maximum absolute atomic E-state index is 13.0. The quantitative estimate of drug-likeness (QED) is 0.0243. The summed E-state index contributed by atoms with van der Waals surface area (Å²) in [5, 5.41) is 14.0. The number of aliphatic hydroxyl groups is 1. The third kappa shape index (κ3) is 62.8. The van der Waals surface area contributed by atoms with Gasteiger partial charge in [-0.15, -0.1) is 0 Å². The lowest BCUT2D eigenvalue weighted by Crippen LogP contribution is -2.45. The van der Waals surface area contributed by atoms with E-state index in [1.807, 2.05) is 27.2 Å². The largest absolute Gasteiger partial charge is 0.472 e. The summed E-state index contributed by atoms with van der Waals surface area (Å²) in [6.07, 6.45) is 77.9. The average molecular weight is 1120 g/mol. The average Bonchev–Trinajstić information content (AvgIpc) is 3.41. The summed E-state index contributed by atoms with van der Waals surface area (Å²) in [4.78, 5) is 23.4. The Kier molecular flexibility index (Phi) is 60.2. The number of phosphoric ester groups is 1. The normalized spacial score (nSPS) is 13.7. The molecule has 0 aromatic rings. The van der Waals surface area contributed by atoms with Gasteiger partial charge in [-0.05, 0) is 19.3 Å². The molecule has 9 heteroatoms. The van der Waals surface area contributed by atoms with Crippen molar-refractivity contribution in [3.63, 3.8) is 0 Å². The zero-order chi connectivity index (χ0) is 57.0. The number of nitrogens with zero attached hydrogens (tertiary/aromatic N) is 1. The highest BCUT2D eigenvalue weighted by Gasteiger charge is 2.28. The first kappa shape index (κ1) is 77.2. The van der Waals surface area contributed by atoms with Crippen LogP contribution in [0.4, 0.5) is 0 Å². The van der Waals surface area contributed by atoms with Crippen molar-refractivity contribution >= 4 is 13.7 Å². The molecule has 0 saturated carbocycles. The van der Waals surface area contributed by atoms with Crippen LogP contribution in [0.25, 0.3) is 0 Å². The summed E-state index contributed by atoms with van der Waals surface area (Å²) in [7, 11) is 1.60. The smallest absolute Gasteiger partial charge is 0.387 e. The van der Waals surface area contributed by atoms with Gasteiger partial charge in [-0.2, -0.15) is 0 Å². The van der Waals surface area contributed by atoms with E-state index >= 15 is 0 Å². The van der Waals surface area contributed by atoms with E-state index in [-0.39, 0.29) is 19.1 Å². The van der Waals surface area contributed by atoms with Crippen LogP contribution in [0.3, 0.4) is 0 Å². The number of quaternary nitrogens is 1. The van der Waals surface area contributed by atoms with Crippen molar-refractivity contribution in [2.45, 2.75) is 386 Å². The van der Waals surface area contributed by atoms with Crippen LogP contribution in [0.15, 0.2) is 12.2 Å². The fourth-order valence-corrected chi connectivity index (χ4v) is 11.8. The van der Waals surface area contributed by atoms with Gasteiger partial charge in [-0.1, -0.05) is 360 Å². The fourth-order valence-electron chi connectivity index (χ4n) is 11.0. The van der Waals surface area contributed by atoms with E-state index in [2.05, 4.69) is 19.2 Å². The minimum Gasteiger partial charge on any atom is -0.387 e. The van der Waals surface area contributed by atoms with E-state index in [0.29, 0.717) is 17.4 Å². The summed E-state index contributed by atoms with van der Waals surface area (Å²) in [6.45, 7) is 4.89. The second-order valence-electron chi connectivity index (χ2n) is 25.6. The molecular weight excluding hydrogens is 984 g/mol. The highest BCUT2D eigenvalue weighted by Crippen LogP contribution is 2.43. The van der Waals surface area contributed by atoms with Gasteiger partial charge < -0.3 is 19.8 Å². The number of unbranched alkanes of at least 4 members (excludes halogenated alkanes) is 53. The van der Waals surface area contributed by atoms with E-state index < -0.39 is 20.0 Å². The number of allylic oxidation sites excluding steroid dienone is 1. The van der Waals surface area contributed by atoms with Crippen LogP contribution >= 0.6 is 7.82 Å². The number of likely N-dealkylation sites (N-methyl/N-ethyl adjacent to an activating group) is 1. The van der Waals surface area contributed by atoms with Crippen molar-refractivity contribution in [3.05, 3.63) is 12.2 Å². The molecule has 78 heavy (non-hydrogen) atoms. The van der Waals surface area contributed by atoms with Crippen molar-refractivity contribution in [1.29, 1.82) is 0 Å². The van der Waals surface area contributed by atoms with E-state index in [4.69, 9.17) is 9.05 Å². The van der Waals surface area contributed by atoms with Crippen LogP contribution in [0, 0.1) is 0 Å². The number of hydrogen-bond donors (Lipinski definition) is 3. The van der Waals surface area contributed by atoms with Gasteiger partial charge in [-0.3, -0.25) is 13.8 Å². The molecule has 0 rings (SSSR count). The Morgan fingerprint density at radius 3 is 0.949 bits per heavy atom. The van der Waals surface area contributed by atoms with E-state index in [9.17, 15) is 19.4 Å². The molecule has 0 saturated heterocycles. The number of hydrogen-bond acceptors (Lipinski definition) is 5. The van der Waals surface area contributed by atoms with Gasteiger partial charge in [0.1, 0.15) is 13.2 Å². The maximum atomic E-state index is 13.0. The first-order valence-electron chi connectivity index (χ1n) is 35.1. The third-order valence-electron chi connectivity index (χ3n) is 16.5. The van der Waals surface area contributed by atoms with Crippen LogP contribution in [0.1, 0.15) is 373 Å². The molecule has 8 nitrogen and oxygen atoms in total. The molecule has 0 aromatic heterocycles. The van der Waals surface area contributed by atoms with E-state index in [0.717, 1.165) is 32.1 Å². The lowest BCUT2D eigenvalue weighted by atomic mass is 10.0. The number of aliphatic hydroxyl groups excluding tert-OH is 1. The molecule has 0 radical (unpaired) electrons. The van der Waals surface area contributed by atoms with Crippen molar-refractivity contribution in [2.24, 2.45) is 0 Å². The number of carbonyl (C=O) groups excluding carboxylic acids is 1. The predicted octanol–water partition coefficient (Wildman–Crippen LogP) is 22.1. The van der Waals surface area contributed by atoms with Gasteiger partial charge in [0.15, 0.2) is 0 Å². The van der Waals surface area contributed by atoms with Crippen molar-refractivity contribution < 1.29 is 32.9 Å². The topological polar surface area (TPSA) is 105 Å². The SMILES string of the molecule is CCCCCCCCCCCCCCCCCCCCCCCCCC/C=C/C(O)C(COP(=O)(O)OCC[N+](C)(C)C)NC(=O)CCCCCCCCCCCCCCCCCCCCCCCCCCCCCCCC. The maximum Gasteiger partial charge on any atom is 0.472 e. The molecule has 0 fully saturated rings. The molecule has 1 amide bonds. The van der Waals surface area contributed by atoms with Gasteiger partial charge in [-0.25, -0.2) is 4.57 Å². The van der Waals surface area contributed by atoms with Gasteiger partial charge in [0.05, 0.1) is 39.9 Å². The van der Waals surface area contributed by atoms with Gasteiger partial charge >= 0.3 is 7.82 Å². The number of carbonyl (C=O) groups is 1. The molecule has 0 bridgehead atoms. The summed E-state index contributed by atoms with van der Waals surface area (Å²) >= 11 is 0. The summed E-state index contributed by atoms with van der Waals surface area (Å²) < 4.78 is 23.8. The highest BCUT2D eigenvalue weighted by molar-refractivity contribution is 7.47. The Morgan fingerprint density at radius 2 is 0.679 bits per heavy atom. The van der Waals surface area contributed by atoms with Gasteiger partial charge in [0.25, 0.3) is 0 Å². The predicted molar refractivity (Wildman–Crippen MR) is 342 cm³/mol. The van der Waals surface area contributed by atoms with Gasteiger partial charge in [0, 0.05) is 6.42 Å². The standard InChI is InChI=1S/C69H139N2O6P/c1-6-8-10-12-14-16-18-20-22-24-26-28-30-32-34-35-36-37-39-41-43-45-47-49-51-53-55-57-59-61-63-69(73)70-67(66-77-78(74,75)76-65-64-71(3,4)5)68(72)62-60-58-56-54-52-50-48-46-44-42-40-38-33-31-29-27-25-23-21-19-17-15-13-11-9-7-2/h60,62,67-68,72H,6-59,61,63-66H2,1-5H3,(H-,70,73,74,75)/p+1/b62-60+. The molecule has 0 heterocycles. The lowest BCUT2D eigenvalue weighted by Gasteiger charge is -2.25. The molecule has 0 aliphatic carbocycles. The Labute approximate surface area is 488 Å². The third-order valence-corrected chi connectivity index (χ3v) is 17.5. The van der Waals surface area contributed by atoms with Crippen LogP contribution in [-0.4, -0.2) is 73.4 Å². The number of phosphoric acid groups is 1. The van der Waals surface area contributed by atoms with E-state index in [1.165, 1.54) is 321 Å². The molecular formula is C69H140N2O6P+. The molecule has 0 aliphatic heterocycles. The molecule has 3 unspecified atom stereocenters. The van der Waals surface area contributed by atoms with Crippen molar-refractivity contribution in [3.8, 4) is 0 Å². The second kappa shape index (κ2) is 60.8. The Bertz CT molecular complexity index is 1280. The van der Waals surface area contributed by atoms with Crippen LogP contribution in [-0.2, 0) is 18.4 Å². The summed E-state index contributed by atoms with van der Waals surface area (Å²) in [5.41, 5.74) is 0. The Balaban J connectivity index is 4.02. The zero-order valence-electron chi connectivity index (χ0n) is 53.5. The van der Waals surface area contributed by atoms with E-state index in [1.54, 1.807) is 6.08 Å². The zero-order valence-corrected chi connectivity index (χ0v) is 54.3. The first-order valence-corrected chi connectivity index (χ1v) is 36.6. The van der Waals surface area contributed by atoms with Crippen molar-refractivity contribution in [1.82, 2.24) is 5.32 Å². The minimum absolute atomic E-state index is 0.0655. The van der Waals surface area contributed by atoms with Crippen LogP contribution < -0.4 is 5.32 Å². The first-order chi connectivity index (χ1) is 38.0. The summed E-state index contributed by atoms with van der Waals surface area (Å²) in [5.74, 6) is -0.167. The molecule has 466 valence electrons. The van der Waals surface area contributed by atoms with Gasteiger partial charge in [0.2, 0.25) is 5.91 Å². The second-order valence-corrected chi connectivity index (χ2v) is 27.1. The molecule has 3 atom stereocenters. The van der Waals surface area contributed by atoms with Crippen LogP contribution in [0.2, 0.25) is 0 Å². The van der Waals surface area contributed by atoms with Crippen molar-refractivity contribution in [2.75, 3.05) is 40.9 Å². The molecule has 0 spiro atoms. The number of nitrogens with one attached hydrogen (secondary N) is 1. The summed E-state index contributed by atoms with van der Waals surface area (Å²) in [6, 6.07) is -0.844. The molecule has 0 aliphatic rings.